The average Bonchev–Trinajstić information content (AvgIpc) is 3.49. The fraction of sp³-hybridized carbons (Fsp3) is 0.0625. The average molecular weight is 668 g/mol. The first kappa shape index (κ1) is 30.2. The van der Waals surface area contributed by atoms with Gasteiger partial charge in [0.05, 0.1) is 16.8 Å². The highest BCUT2D eigenvalue weighted by Gasteiger charge is 2.52. The molecule has 246 valence electrons. The minimum absolute atomic E-state index is 0.643. The van der Waals surface area contributed by atoms with E-state index in [9.17, 15) is 0 Å². The number of para-hydroxylation sites is 2. The van der Waals surface area contributed by atoms with Crippen LogP contribution in [0.1, 0.15) is 33.4 Å². The molecule has 0 fully saturated rings. The lowest BCUT2D eigenvalue weighted by Crippen LogP contribution is -2.32. The molecule has 4 nitrogen and oxygen atoms in total. The van der Waals surface area contributed by atoms with Gasteiger partial charge in [0.1, 0.15) is 11.5 Å². The van der Waals surface area contributed by atoms with Crippen molar-refractivity contribution in [3.8, 4) is 67.7 Å². The maximum absolute atomic E-state index is 6.99. The molecule has 4 heteroatoms. The van der Waals surface area contributed by atoms with Crippen molar-refractivity contribution in [2.75, 3.05) is 0 Å². The van der Waals surface area contributed by atoms with Crippen LogP contribution in [0.2, 0.25) is 0 Å². The van der Waals surface area contributed by atoms with Crippen LogP contribution >= 0.6 is 0 Å². The Morgan fingerprint density at radius 3 is 1.69 bits per heavy atom. The number of nitrogens with zero attached hydrogens (tertiary/aromatic N) is 3. The highest BCUT2D eigenvalue weighted by molar-refractivity contribution is 5.96. The zero-order chi connectivity index (χ0) is 34.8. The Labute approximate surface area is 303 Å². The Morgan fingerprint density at radius 1 is 0.462 bits per heavy atom. The third-order valence-corrected chi connectivity index (χ3v) is 10.7. The number of hydrogen-bond acceptors (Lipinski definition) is 4. The van der Waals surface area contributed by atoms with E-state index in [2.05, 4.69) is 158 Å². The normalized spacial score (nSPS) is 15.0. The van der Waals surface area contributed by atoms with Gasteiger partial charge in [-0.05, 0) is 64.9 Å². The summed E-state index contributed by atoms with van der Waals surface area (Å²) in [4.78, 5) is 15.1. The van der Waals surface area contributed by atoms with Gasteiger partial charge in [-0.25, -0.2) is 9.97 Å². The van der Waals surface area contributed by atoms with Crippen LogP contribution in [0.3, 0.4) is 0 Å². The number of fused-ring (bicyclic) bond motifs is 9. The van der Waals surface area contributed by atoms with Crippen LogP contribution in [0.15, 0.2) is 164 Å². The molecule has 0 amide bonds. The number of hydrogen-bond donors (Lipinski definition) is 0. The van der Waals surface area contributed by atoms with Crippen molar-refractivity contribution in [2.45, 2.75) is 19.3 Å². The molecule has 1 spiro atoms. The van der Waals surface area contributed by atoms with Gasteiger partial charge in [0.15, 0.2) is 5.82 Å². The third-order valence-electron chi connectivity index (χ3n) is 10.7. The maximum atomic E-state index is 6.99. The van der Waals surface area contributed by atoms with Crippen LogP contribution in [0, 0.1) is 13.8 Å². The van der Waals surface area contributed by atoms with Crippen molar-refractivity contribution >= 4 is 0 Å². The third kappa shape index (κ3) is 4.37. The SMILES string of the molecule is Cc1cncc(C)c1-c1cccc2c1Oc1ccccc1C21c2ccccc2-c2c(-c3nc(-c4ccccc4)cc(-c4ccccc4)n3)cccc21. The number of ether oxygens (including phenoxy) is 1. The first-order chi connectivity index (χ1) is 25.6. The molecule has 52 heavy (non-hydrogen) atoms. The highest BCUT2D eigenvalue weighted by atomic mass is 16.5. The lowest BCUT2D eigenvalue weighted by atomic mass is 9.65. The number of pyridine rings is 1. The molecular formula is C48H33N3O. The second kappa shape index (κ2) is 11.7. The Hall–Kier alpha value is -6.65. The van der Waals surface area contributed by atoms with Gasteiger partial charge < -0.3 is 4.74 Å². The number of rotatable bonds is 4. The summed E-state index contributed by atoms with van der Waals surface area (Å²) in [6.07, 6.45) is 3.88. The van der Waals surface area contributed by atoms with Crippen molar-refractivity contribution in [1.29, 1.82) is 0 Å². The maximum Gasteiger partial charge on any atom is 0.161 e. The van der Waals surface area contributed by atoms with Crippen molar-refractivity contribution in [3.63, 3.8) is 0 Å². The standard InChI is InChI=1S/C48H33N3O/c1-30-28-49-29-31(2)44(30)35-20-13-25-40-46(35)52-43-26-12-11-23-38(43)48(40)37-22-10-9-19-34(37)45-36(21-14-24-39(45)48)47-50-41(32-15-5-3-6-16-32)27-42(51-47)33-17-7-4-8-18-33/h3-29H,1-2H3. The molecule has 1 aliphatic heterocycles. The van der Waals surface area contributed by atoms with E-state index in [1.54, 1.807) is 0 Å². The summed E-state index contributed by atoms with van der Waals surface area (Å²) < 4.78 is 6.99. The number of aryl methyl sites for hydroxylation is 2. The summed E-state index contributed by atoms with van der Waals surface area (Å²) in [6, 6.07) is 53.5. The monoisotopic (exact) mass is 667 g/mol. The molecule has 0 saturated heterocycles. The van der Waals surface area contributed by atoms with Crippen LogP contribution in [0.5, 0.6) is 11.5 Å². The van der Waals surface area contributed by atoms with E-state index in [-0.39, 0.29) is 0 Å². The molecule has 8 aromatic rings. The molecule has 1 unspecified atom stereocenters. The van der Waals surface area contributed by atoms with E-state index in [1.807, 2.05) is 24.5 Å². The molecule has 0 saturated carbocycles. The largest absolute Gasteiger partial charge is 0.456 e. The first-order valence-corrected chi connectivity index (χ1v) is 17.7. The Morgan fingerprint density at radius 2 is 1.00 bits per heavy atom. The van der Waals surface area contributed by atoms with Crippen LogP contribution in [0.4, 0.5) is 0 Å². The molecule has 3 heterocycles. The lowest BCUT2D eigenvalue weighted by molar-refractivity contribution is 0.438. The molecule has 0 bridgehead atoms. The molecule has 2 aromatic heterocycles. The van der Waals surface area contributed by atoms with E-state index in [1.165, 1.54) is 16.7 Å². The topological polar surface area (TPSA) is 47.9 Å². The van der Waals surface area contributed by atoms with Gasteiger partial charge in [0.25, 0.3) is 0 Å². The minimum Gasteiger partial charge on any atom is -0.456 e. The molecule has 10 rings (SSSR count). The van der Waals surface area contributed by atoms with Gasteiger partial charge in [-0.15, -0.1) is 0 Å². The molecule has 0 radical (unpaired) electrons. The second-order valence-electron chi connectivity index (χ2n) is 13.6. The first-order valence-electron chi connectivity index (χ1n) is 17.7. The second-order valence-corrected chi connectivity index (χ2v) is 13.6. The minimum atomic E-state index is -0.643. The zero-order valence-electron chi connectivity index (χ0n) is 28.8. The van der Waals surface area contributed by atoms with E-state index in [4.69, 9.17) is 14.7 Å². The van der Waals surface area contributed by atoms with Crippen LogP contribution in [0.25, 0.3) is 56.2 Å². The van der Waals surface area contributed by atoms with Gasteiger partial charge in [0.2, 0.25) is 0 Å². The molecule has 1 aliphatic carbocycles. The summed E-state index contributed by atoms with van der Waals surface area (Å²) in [5.41, 5.74) is 15.7. The van der Waals surface area contributed by atoms with Gasteiger partial charge in [-0.2, -0.15) is 0 Å². The van der Waals surface area contributed by atoms with E-state index in [0.717, 1.165) is 78.5 Å². The molecular weight excluding hydrogens is 635 g/mol. The fourth-order valence-corrected chi connectivity index (χ4v) is 8.56. The van der Waals surface area contributed by atoms with Gasteiger partial charge >= 0.3 is 0 Å². The number of aromatic nitrogens is 3. The lowest BCUT2D eigenvalue weighted by Gasteiger charge is -2.40. The highest BCUT2D eigenvalue weighted by Crippen LogP contribution is 2.64. The van der Waals surface area contributed by atoms with Crippen LogP contribution < -0.4 is 4.74 Å². The predicted molar refractivity (Wildman–Crippen MR) is 208 cm³/mol. The summed E-state index contributed by atoms with van der Waals surface area (Å²) >= 11 is 0. The van der Waals surface area contributed by atoms with Gasteiger partial charge in [-0.3, -0.25) is 4.98 Å². The van der Waals surface area contributed by atoms with Gasteiger partial charge in [0, 0.05) is 45.8 Å². The fourth-order valence-electron chi connectivity index (χ4n) is 8.56. The summed E-state index contributed by atoms with van der Waals surface area (Å²) in [7, 11) is 0. The quantitative estimate of drug-likeness (QED) is 0.187. The van der Waals surface area contributed by atoms with Crippen molar-refractivity contribution in [1.82, 2.24) is 15.0 Å². The Kier molecular flexibility index (Phi) is 6.80. The van der Waals surface area contributed by atoms with E-state index >= 15 is 0 Å². The van der Waals surface area contributed by atoms with Gasteiger partial charge in [-0.1, -0.05) is 140 Å². The molecule has 1 atom stereocenters. The predicted octanol–water partition coefficient (Wildman–Crippen LogP) is 11.6. The number of benzene rings is 6. The van der Waals surface area contributed by atoms with E-state index < -0.39 is 5.41 Å². The van der Waals surface area contributed by atoms with Crippen molar-refractivity contribution < 1.29 is 4.74 Å². The molecule has 0 N–H and O–H groups in total. The zero-order valence-corrected chi connectivity index (χ0v) is 28.8. The van der Waals surface area contributed by atoms with Crippen molar-refractivity contribution in [3.05, 3.63) is 197 Å². The van der Waals surface area contributed by atoms with Crippen LogP contribution in [-0.2, 0) is 5.41 Å². The van der Waals surface area contributed by atoms with Crippen LogP contribution in [-0.4, -0.2) is 15.0 Å². The Balaban J connectivity index is 1.29. The summed E-state index contributed by atoms with van der Waals surface area (Å²) in [5, 5.41) is 0. The van der Waals surface area contributed by atoms with E-state index in [0.29, 0.717) is 5.82 Å². The van der Waals surface area contributed by atoms with Crippen molar-refractivity contribution in [2.24, 2.45) is 0 Å². The Bertz CT molecular complexity index is 2610. The summed E-state index contributed by atoms with van der Waals surface area (Å²) in [6.45, 7) is 4.25. The molecule has 2 aliphatic rings. The smallest absolute Gasteiger partial charge is 0.161 e. The molecule has 6 aromatic carbocycles. The summed E-state index contributed by atoms with van der Waals surface area (Å²) in [5.74, 6) is 2.43.